The van der Waals surface area contributed by atoms with Crippen LogP contribution < -0.4 is 5.32 Å². The highest BCUT2D eigenvalue weighted by Crippen LogP contribution is 2.45. The Morgan fingerprint density at radius 3 is 2.77 bits per heavy atom. The van der Waals surface area contributed by atoms with Crippen LogP contribution in [0.1, 0.15) is 47.9 Å². The Morgan fingerprint density at radius 1 is 1.32 bits per heavy atom. The Bertz CT molecular complexity index is 1190. The second kappa shape index (κ2) is 7.78. The number of aliphatic hydroxyl groups excluding tert-OH is 1. The number of non-ortho nitro benzene ring substituents is 1. The van der Waals surface area contributed by atoms with Gasteiger partial charge in [-0.1, -0.05) is 19.9 Å². The second-order valence-corrected chi connectivity index (χ2v) is 9.13. The van der Waals surface area contributed by atoms with Gasteiger partial charge in [0.05, 0.1) is 16.6 Å². The molecule has 1 aliphatic rings. The highest BCUT2D eigenvalue weighted by atomic mass is 32.2. The quantitative estimate of drug-likeness (QED) is 0.457. The van der Waals surface area contributed by atoms with Crippen molar-refractivity contribution in [3.63, 3.8) is 0 Å². The van der Waals surface area contributed by atoms with Crippen LogP contribution in [0.15, 0.2) is 52.8 Å². The van der Waals surface area contributed by atoms with Gasteiger partial charge >= 0.3 is 0 Å². The molecule has 1 amide bonds. The van der Waals surface area contributed by atoms with Gasteiger partial charge in [0.25, 0.3) is 11.6 Å². The number of nitro groups is 1. The molecule has 0 radical (unpaired) electrons. The summed E-state index contributed by atoms with van der Waals surface area (Å²) in [6.45, 7) is 4.14. The summed E-state index contributed by atoms with van der Waals surface area (Å²) in [5, 5.41) is 32.8. The highest BCUT2D eigenvalue weighted by molar-refractivity contribution is 7.99. The summed E-state index contributed by atoms with van der Waals surface area (Å²) < 4.78 is 1.69. The van der Waals surface area contributed by atoms with Crippen molar-refractivity contribution in [3.05, 3.63) is 69.5 Å². The van der Waals surface area contributed by atoms with Gasteiger partial charge in [0.1, 0.15) is 6.33 Å². The first-order valence-corrected chi connectivity index (χ1v) is 10.4. The maximum Gasteiger partial charge on any atom is 0.270 e. The Hall–Kier alpha value is -3.24. The maximum atomic E-state index is 13.1. The van der Waals surface area contributed by atoms with Crippen molar-refractivity contribution < 1.29 is 14.8 Å². The van der Waals surface area contributed by atoms with Crippen molar-refractivity contribution >= 4 is 29.0 Å². The van der Waals surface area contributed by atoms with E-state index in [4.69, 9.17) is 0 Å². The van der Waals surface area contributed by atoms with E-state index in [0.29, 0.717) is 22.2 Å². The third-order valence-corrected chi connectivity index (χ3v) is 6.52. The zero-order valence-electron chi connectivity index (χ0n) is 17.2. The molecule has 1 atom stereocenters. The molecule has 2 N–H and O–H groups in total. The molecule has 10 heteroatoms. The number of aliphatic hydroxyl groups is 1. The minimum Gasteiger partial charge on any atom is -0.388 e. The number of anilines is 1. The van der Waals surface area contributed by atoms with Crippen molar-refractivity contribution in [1.82, 2.24) is 14.8 Å². The second-order valence-electron chi connectivity index (χ2n) is 8.12. The molecule has 9 nitrogen and oxygen atoms in total. The molecule has 1 unspecified atom stereocenters. The highest BCUT2D eigenvalue weighted by Gasteiger charge is 2.36. The number of hydrogen-bond donors (Lipinski definition) is 2. The molecule has 4 rings (SSSR count). The van der Waals surface area contributed by atoms with E-state index in [0.717, 1.165) is 11.1 Å². The van der Waals surface area contributed by atoms with Crippen LogP contribution in [0.4, 0.5) is 11.4 Å². The molecular formula is C21H21N5O4S. The molecule has 1 aliphatic carbocycles. The van der Waals surface area contributed by atoms with Gasteiger partial charge in [-0.25, -0.2) is 0 Å². The van der Waals surface area contributed by atoms with E-state index in [2.05, 4.69) is 29.4 Å². The lowest BCUT2D eigenvalue weighted by Crippen LogP contribution is -2.14. The normalized spacial score (nSPS) is 16.7. The van der Waals surface area contributed by atoms with E-state index in [1.807, 2.05) is 6.07 Å². The molecule has 1 heterocycles. The van der Waals surface area contributed by atoms with Gasteiger partial charge in [-0.15, -0.1) is 10.2 Å². The van der Waals surface area contributed by atoms with Gasteiger partial charge in [0.2, 0.25) is 0 Å². The maximum absolute atomic E-state index is 13.1. The topological polar surface area (TPSA) is 123 Å². The van der Waals surface area contributed by atoms with Crippen LogP contribution in [0.3, 0.4) is 0 Å². The van der Waals surface area contributed by atoms with Gasteiger partial charge in [-0.2, -0.15) is 0 Å². The molecule has 0 aliphatic heterocycles. The number of amides is 1. The Kier molecular flexibility index (Phi) is 5.28. The number of hydrogen-bond acceptors (Lipinski definition) is 7. The standard InChI is InChI=1S/C21H21N5O4S/c1-21(2)10-17(27)14-8-12(4-6-16(14)21)23-19(28)15-9-13(26(29)30)5-7-18(15)31-20-24-22-11-25(20)3/h4-9,11,17,27H,10H2,1-3H3,(H,23,28). The van der Waals surface area contributed by atoms with Crippen LogP contribution >= 0.6 is 11.8 Å². The fraction of sp³-hybridized carbons (Fsp3) is 0.286. The zero-order chi connectivity index (χ0) is 22.3. The third kappa shape index (κ3) is 4.04. The Labute approximate surface area is 182 Å². The van der Waals surface area contributed by atoms with E-state index in [9.17, 15) is 20.0 Å². The molecule has 0 spiro atoms. The fourth-order valence-corrected chi connectivity index (χ4v) is 4.67. The predicted octanol–water partition coefficient (Wildman–Crippen LogP) is 3.84. The van der Waals surface area contributed by atoms with Crippen molar-refractivity contribution in [2.75, 3.05) is 5.32 Å². The van der Waals surface area contributed by atoms with E-state index in [1.54, 1.807) is 23.7 Å². The number of nitrogens with zero attached hydrogens (tertiary/aromatic N) is 4. The average molecular weight is 439 g/mol. The third-order valence-electron chi connectivity index (χ3n) is 5.39. The summed E-state index contributed by atoms with van der Waals surface area (Å²) in [5.74, 6) is -0.486. The first kappa shape index (κ1) is 21.0. The van der Waals surface area contributed by atoms with Gasteiger partial charge in [-0.3, -0.25) is 14.9 Å². The number of fused-ring (bicyclic) bond motifs is 1. The molecule has 1 aromatic heterocycles. The van der Waals surface area contributed by atoms with E-state index in [1.165, 1.54) is 36.3 Å². The minimum atomic E-state index is -0.596. The van der Waals surface area contributed by atoms with E-state index in [-0.39, 0.29) is 16.7 Å². The zero-order valence-corrected chi connectivity index (χ0v) is 18.0. The first-order chi connectivity index (χ1) is 14.7. The fourth-order valence-electron chi connectivity index (χ4n) is 3.80. The molecule has 0 fully saturated rings. The molecule has 0 saturated carbocycles. The predicted molar refractivity (Wildman–Crippen MR) is 115 cm³/mol. The lowest BCUT2D eigenvalue weighted by atomic mass is 9.86. The molecule has 0 bridgehead atoms. The lowest BCUT2D eigenvalue weighted by molar-refractivity contribution is -0.384. The van der Waals surface area contributed by atoms with E-state index >= 15 is 0 Å². The molecule has 160 valence electrons. The molecule has 0 saturated heterocycles. The van der Waals surface area contributed by atoms with E-state index < -0.39 is 16.9 Å². The van der Waals surface area contributed by atoms with Crippen molar-refractivity contribution in [2.24, 2.45) is 7.05 Å². The number of rotatable bonds is 5. The van der Waals surface area contributed by atoms with Gasteiger partial charge in [0.15, 0.2) is 5.16 Å². The van der Waals surface area contributed by atoms with Crippen molar-refractivity contribution in [3.8, 4) is 0 Å². The van der Waals surface area contributed by atoms with Crippen molar-refractivity contribution in [1.29, 1.82) is 0 Å². The van der Waals surface area contributed by atoms with Crippen LogP contribution in [-0.2, 0) is 12.5 Å². The number of nitro benzene ring substituents is 1. The number of benzene rings is 2. The molecular weight excluding hydrogens is 418 g/mol. The first-order valence-electron chi connectivity index (χ1n) is 9.60. The molecule has 31 heavy (non-hydrogen) atoms. The number of aromatic nitrogens is 3. The van der Waals surface area contributed by atoms with Gasteiger partial charge in [-0.05, 0) is 52.9 Å². The van der Waals surface area contributed by atoms with Crippen molar-refractivity contribution in [2.45, 2.75) is 41.8 Å². The summed E-state index contributed by atoms with van der Waals surface area (Å²) >= 11 is 1.19. The summed E-state index contributed by atoms with van der Waals surface area (Å²) in [4.78, 5) is 24.3. The summed E-state index contributed by atoms with van der Waals surface area (Å²) in [5.41, 5.74) is 2.18. The Balaban J connectivity index is 1.66. The van der Waals surface area contributed by atoms with Crippen LogP contribution in [0.25, 0.3) is 0 Å². The number of carbonyl (C=O) groups excluding carboxylic acids is 1. The van der Waals surface area contributed by atoms with Crippen LogP contribution in [0.2, 0.25) is 0 Å². The largest absolute Gasteiger partial charge is 0.388 e. The number of carbonyl (C=O) groups is 1. The summed E-state index contributed by atoms with van der Waals surface area (Å²) in [6.07, 6.45) is 1.55. The number of aryl methyl sites for hydroxylation is 1. The number of nitrogens with one attached hydrogen (secondary N) is 1. The summed E-state index contributed by atoms with van der Waals surface area (Å²) in [7, 11) is 1.77. The van der Waals surface area contributed by atoms with Crippen LogP contribution in [0, 0.1) is 10.1 Å². The lowest BCUT2D eigenvalue weighted by Gasteiger charge is -2.18. The molecule has 3 aromatic rings. The average Bonchev–Trinajstić information content (AvgIpc) is 3.21. The smallest absolute Gasteiger partial charge is 0.270 e. The van der Waals surface area contributed by atoms with Crippen LogP contribution in [-0.4, -0.2) is 30.7 Å². The molecule has 2 aromatic carbocycles. The summed E-state index contributed by atoms with van der Waals surface area (Å²) in [6, 6.07) is 9.58. The Morgan fingerprint density at radius 2 is 2.10 bits per heavy atom. The van der Waals surface area contributed by atoms with Crippen LogP contribution in [0.5, 0.6) is 0 Å². The monoisotopic (exact) mass is 439 g/mol. The van der Waals surface area contributed by atoms with Gasteiger partial charge < -0.3 is 15.0 Å². The van der Waals surface area contributed by atoms with Gasteiger partial charge in [0, 0.05) is 29.8 Å². The minimum absolute atomic E-state index is 0.142. The SMILES string of the molecule is Cn1cnnc1Sc1ccc([N+](=O)[O-])cc1C(=O)Nc1ccc2c(c1)C(O)CC2(C)C.